The Morgan fingerprint density at radius 2 is 1.71 bits per heavy atom. The Labute approximate surface area is 163 Å². The largest absolute Gasteiger partial charge is 0.497 e. The first-order valence-corrected chi connectivity index (χ1v) is 10.0. The van der Waals surface area contributed by atoms with Crippen LogP contribution in [0.1, 0.15) is 21.2 Å². The number of rotatable bonds is 7. The van der Waals surface area contributed by atoms with Crippen LogP contribution >= 0.6 is 0 Å². The van der Waals surface area contributed by atoms with E-state index in [-0.39, 0.29) is 11.4 Å². The standard InChI is InChI=1S/C20H19N3O4S/c1-27-17-6-8-18(9-7-17)28(25,26)19(15-4-2-10-21-12-15)14-23-20(24)16-5-3-11-22-13-16/h2-13,19H,14H2,1H3,(H,23,24). The van der Waals surface area contributed by atoms with Gasteiger partial charge in [-0.3, -0.25) is 14.8 Å². The first-order chi connectivity index (χ1) is 13.5. The van der Waals surface area contributed by atoms with Crippen molar-refractivity contribution in [2.75, 3.05) is 13.7 Å². The summed E-state index contributed by atoms with van der Waals surface area (Å²) >= 11 is 0. The molecule has 1 amide bonds. The highest BCUT2D eigenvalue weighted by Gasteiger charge is 2.30. The Morgan fingerprint density at radius 3 is 2.29 bits per heavy atom. The highest BCUT2D eigenvalue weighted by atomic mass is 32.2. The number of methoxy groups -OCH3 is 1. The Bertz CT molecular complexity index is 1020. The molecule has 2 heterocycles. The van der Waals surface area contributed by atoms with Gasteiger partial charge in [-0.1, -0.05) is 6.07 Å². The van der Waals surface area contributed by atoms with Crippen LogP contribution in [0.4, 0.5) is 0 Å². The van der Waals surface area contributed by atoms with Crippen molar-refractivity contribution in [3.05, 3.63) is 84.4 Å². The first-order valence-electron chi connectivity index (χ1n) is 8.48. The van der Waals surface area contributed by atoms with E-state index in [0.29, 0.717) is 16.9 Å². The minimum absolute atomic E-state index is 0.103. The molecule has 0 saturated carbocycles. The quantitative estimate of drug-likeness (QED) is 0.657. The Morgan fingerprint density at radius 1 is 1.04 bits per heavy atom. The molecular formula is C20H19N3O4S. The third-order valence-corrected chi connectivity index (χ3v) is 6.31. The fraction of sp³-hybridized carbons (Fsp3) is 0.150. The smallest absolute Gasteiger partial charge is 0.252 e. The van der Waals surface area contributed by atoms with E-state index >= 15 is 0 Å². The number of ether oxygens (including phenoxy) is 1. The van der Waals surface area contributed by atoms with Gasteiger partial charge in [0.2, 0.25) is 0 Å². The number of hydrogen-bond donors (Lipinski definition) is 1. The Hall–Kier alpha value is -3.26. The molecule has 0 spiro atoms. The minimum atomic E-state index is -3.78. The summed E-state index contributed by atoms with van der Waals surface area (Å²) in [5.41, 5.74) is 0.846. The van der Waals surface area contributed by atoms with Crippen molar-refractivity contribution in [1.82, 2.24) is 15.3 Å². The fourth-order valence-corrected chi connectivity index (χ4v) is 4.33. The lowest BCUT2D eigenvalue weighted by Crippen LogP contribution is -2.32. The fourth-order valence-electron chi connectivity index (χ4n) is 2.69. The third-order valence-electron chi connectivity index (χ3n) is 4.19. The van der Waals surface area contributed by atoms with Crippen molar-refractivity contribution in [1.29, 1.82) is 0 Å². The van der Waals surface area contributed by atoms with E-state index in [1.165, 1.54) is 31.6 Å². The van der Waals surface area contributed by atoms with Crippen LogP contribution in [0.25, 0.3) is 0 Å². The highest BCUT2D eigenvalue weighted by Crippen LogP contribution is 2.29. The van der Waals surface area contributed by atoms with Crippen LogP contribution in [-0.2, 0) is 9.84 Å². The number of pyridine rings is 2. The highest BCUT2D eigenvalue weighted by molar-refractivity contribution is 7.91. The molecule has 1 N–H and O–H groups in total. The van der Waals surface area contributed by atoms with Gasteiger partial charge in [-0.05, 0) is 48.0 Å². The van der Waals surface area contributed by atoms with Crippen LogP contribution in [0.15, 0.2) is 78.2 Å². The van der Waals surface area contributed by atoms with E-state index in [4.69, 9.17) is 4.74 Å². The molecule has 144 valence electrons. The van der Waals surface area contributed by atoms with Gasteiger partial charge in [0, 0.05) is 31.3 Å². The summed E-state index contributed by atoms with van der Waals surface area (Å²) in [7, 11) is -2.27. The summed E-state index contributed by atoms with van der Waals surface area (Å²) in [6, 6.07) is 12.7. The lowest BCUT2D eigenvalue weighted by Gasteiger charge is -2.19. The lowest BCUT2D eigenvalue weighted by atomic mass is 10.2. The molecule has 1 aromatic carbocycles. The molecule has 0 radical (unpaired) electrons. The van der Waals surface area contributed by atoms with E-state index in [1.54, 1.807) is 48.8 Å². The van der Waals surface area contributed by atoms with Gasteiger partial charge in [0.1, 0.15) is 11.0 Å². The average molecular weight is 397 g/mol. The lowest BCUT2D eigenvalue weighted by molar-refractivity contribution is 0.0953. The monoisotopic (exact) mass is 397 g/mol. The zero-order valence-electron chi connectivity index (χ0n) is 15.1. The van der Waals surface area contributed by atoms with Gasteiger partial charge in [-0.2, -0.15) is 0 Å². The number of amides is 1. The van der Waals surface area contributed by atoms with Gasteiger partial charge in [-0.25, -0.2) is 8.42 Å². The molecule has 0 bridgehead atoms. The normalized spacial score (nSPS) is 12.2. The SMILES string of the molecule is COc1ccc(S(=O)(=O)C(CNC(=O)c2cccnc2)c2cccnc2)cc1. The summed E-state index contributed by atoms with van der Waals surface area (Å²) in [6.45, 7) is -0.103. The van der Waals surface area contributed by atoms with Gasteiger partial charge >= 0.3 is 0 Å². The molecule has 3 rings (SSSR count). The zero-order chi connectivity index (χ0) is 20.0. The molecule has 2 aromatic heterocycles. The third kappa shape index (κ3) is 4.34. The first kappa shape index (κ1) is 19.5. The van der Waals surface area contributed by atoms with E-state index in [0.717, 1.165) is 0 Å². The maximum absolute atomic E-state index is 13.2. The van der Waals surface area contributed by atoms with Crippen LogP contribution in [-0.4, -0.2) is 37.9 Å². The number of benzene rings is 1. The second-order valence-electron chi connectivity index (χ2n) is 5.95. The summed E-state index contributed by atoms with van der Waals surface area (Å²) in [5, 5.41) is 1.69. The van der Waals surface area contributed by atoms with Crippen molar-refractivity contribution in [2.45, 2.75) is 10.1 Å². The molecule has 0 fully saturated rings. The van der Waals surface area contributed by atoms with E-state index in [1.807, 2.05) is 0 Å². The van der Waals surface area contributed by atoms with Crippen molar-refractivity contribution in [3.8, 4) is 5.75 Å². The molecule has 0 aliphatic carbocycles. The summed E-state index contributed by atoms with van der Waals surface area (Å²) < 4.78 is 31.6. The number of carbonyl (C=O) groups excluding carboxylic acids is 1. The number of nitrogens with one attached hydrogen (secondary N) is 1. The molecule has 3 aromatic rings. The van der Waals surface area contributed by atoms with Gasteiger partial charge < -0.3 is 10.1 Å². The van der Waals surface area contributed by atoms with E-state index in [2.05, 4.69) is 15.3 Å². The maximum Gasteiger partial charge on any atom is 0.252 e. The number of sulfone groups is 1. The zero-order valence-corrected chi connectivity index (χ0v) is 16.0. The summed E-state index contributed by atoms with van der Waals surface area (Å²) in [6.07, 6.45) is 6.03. The molecule has 28 heavy (non-hydrogen) atoms. The molecule has 0 aliphatic rings. The van der Waals surface area contributed by atoms with Crippen molar-refractivity contribution < 1.29 is 17.9 Å². The van der Waals surface area contributed by atoms with Gasteiger partial charge in [0.25, 0.3) is 5.91 Å². The van der Waals surface area contributed by atoms with Crippen LogP contribution in [0.5, 0.6) is 5.75 Å². The molecule has 1 unspecified atom stereocenters. The Kier molecular flexibility index (Phi) is 6.00. The minimum Gasteiger partial charge on any atom is -0.497 e. The topological polar surface area (TPSA) is 98.2 Å². The van der Waals surface area contributed by atoms with Gasteiger partial charge in [0.05, 0.1) is 17.6 Å². The molecule has 0 saturated heterocycles. The van der Waals surface area contributed by atoms with Gasteiger partial charge in [-0.15, -0.1) is 0 Å². The molecular weight excluding hydrogens is 378 g/mol. The maximum atomic E-state index is 13.2. The number of carbonyl (C=O) groups is 1. The van der Waals surface area contributed by atoms with Crippen LogP contribution in [0.2, 0.25) is 0 Å². The predicted molar refractivity (Wildman–Crippen MR) is 104 cm³/mol. The Balaban J connectivity index is 1.89. The predicted octanol–water partition coefficient (Wildman–Crippen LogP) is 2.43. The summed E-state index contributed by atoms with van der Waals surface area (Å²) in [4.78, 5) is 20.4. The second-order valence-corrected chi connectivity index (χ2v) is 8.08. The molecule has 7 nitrogen and oxygen atoms in total. The van der Waals surface area contributed by atoms with E-state index in [9.17, 15) is 13.2 Å². The number of hydrogen-bond acceptors (Lipinski definition) is 6. The number of nitrogens with zero attached hydrogens (tertiary/aromatic N) is 2. The van der Waals surface area contributed by atoms with Crippen molar-refractivity contribution >= 4 is 15.7 Å². The second kappa shape index (κ2) is 8.62. The number of aromatic nitrogens is 2. The van der Waals surface area contributed by atoms with Crippen molar-refractivity contribution in [3.63, 3.8) is 0 Å². The van der Waals surface area contributed by atoms with Crippen LogP contribution in [0, 0.1) is 0 Å². The van der Waals surface area contributed by atoms with Crippen molar-refractivity contribution in [2.24, 2.45) is 0 Å². The molecule has 0 aliphatic heterocycles. The average Bonchev–Trinajstić information content (AvgIpc) is 2.75. The van der Waals surface area contributed by atoms with Crippen LogP contribution in [0.3, 0.4) is 0 Å². The molecule has 8 heteroatoms. The van der Waals surface area contributed by atoms with Gasteiger partial charge in [0.15, 0.2) is 9.84 Å². The molecule has 1 atom stereocenters. The van der Waals surface area contributed by atoms with Crippen LogP contribution < -0.4 is 10.1 Å². The summed E-state index contributed by atoms with van der Waals surface area (Å²) in [5.74, 6) is 0.161. The van der Waals surface area contributed by atoms with E-state index < -0.39 is 21.0 Å².